The number of rotatable bonds is 6. The van der Waals surface area contributed by atoms with Crippen molar-refractivity contribution in [1.29, 1.82) is 0 Å². The summed E-state index contributed by atoms with van der Waals surface area (Å²) in [4.78, 5) is 12.1. The van der Waals surface area contributed by atoms with Gasteiger partial charge in [0.05, 0.1) is 17.0 Å². The molecule has 0 unspecified atom stereocenters. The van der Waals surface area contributed by atoms with Gasteiger partial charge in [-0.05, 0) is 24.3 Å². The van der Waals surface area contributed by atoms with Crippen LogP contribution in [0.3, 0.4) is 0 Å². The number of hydrogen-bond acceptors (Lipinski definition) is 4. The molecule has 1 amide bonds. The first-order valence-electron chi connectivity index (χ1n) is 8.33. The van der Waals surface area contributed by atoms with E-state index >= 15 is 0 Å². The van der Waals surface area contributed by atoms with Gasteiger partial charge in [-0.1, -0.05) is 23.9 Å². The van der Waals surface area contributed by atoms with Crippen LogP contribution >= 0.6 is 11.8 Å². The van der Waals surface area contributed by atoms with Gasteiger partial charge in [0.25, 0.3) is 0 Å². The third-order valence-corrected chi connectivity index (χ3v) is 5.17. The van der Waals surface area contributed by atoms with Crippen LogP contribution in [0.5, 0.6) is 0 Å². The Morgan fingerprint density at radius 1 is 1.14 bits per heavy atom. The zero-order valence-corrected chi connectivity index (χ0v) is 16.0. The van der Waals surface area contributed by atoms with E-state index in [9.17, 15) is 18.0 Å². The van der Waals surface area contributed by atoms with Gasteiger partial charge in [0, 0.05) is 32.4 Å². The summed E-state index contributed by atoms with van der Waals surface area (Å²) in [6, 6.07) is 8.79. The van der Waals surface area contributed by atoms with E-state index in [0.717, 1.165) is 29.3 Å². The fourth-order valence-corrected chi connectivity index (χ4v) is 3.35. The van der Waals surface area contributed by atoms with E-state index in [1.54, 1.807) is 11.6 Å². The third kappa shape index (κ3) is 4.56. The fourth-order valence-electron chi connectivity index (χ4n) is 2.62. The quantitative estimate of drug-likeness (QED) is 0.633. The van der Waals surface area contributed by atoms with Gasteiger partial charge in [0.1, 0.15) is 5.82 Å². The van der Waals surface area contributed by atoms with Gasteiger partial charge in [-0.3, -0.25) is 4.79 Å². The Hall–Kier alpha value is -2.75. The highest BCUT2D eigenvalue weighted by Crippen LogP contribution is 2.34. The van der Waals surface area contributed by atoms with Crippen LogP contribution in [-0.2, 0) is 31.5 Å². The monoisotopic (exact) mass is 409 g/mol. The first-order chi connectivity index (χ1) is 13.3. The maximum absolute atomic E-state index is 13.0. The van der Waals surface area contributed by atoms with Gasteiger partial charge >= 0.3 is 6.18 Å². The molecular weight excluding hydrogens is 391 g/mol. The summed E-state index contributed by atoms with van der Waals surface area (Å²) in [6.07, 6.45) is -2.02. The Bertz CT molecular complexity index is 980. The van der Waals surface area contributed by atoms with Gasteiger partial charge in [0.15, 0.2) is 5.16 Å². The van der Waals surface area contributed by atoms with Gasteiger partial charge in [-0.25, -0.2) is 0 Å². The summed E-state index contributed by atoms with van der Waals surface area (Å²) in [5, 5.41) is 11.0. The third-order valence-electron chi connectivity index (χ3n) is 4.15. The summed E-state index contributed by atoms with van der Waals surface area (Å²) < 4.78 is 42.8. The number of nitrogens with zero attached hydrogens (tertiary/aromatic N) is 4. The van der Waals surface area contributed by atoms with Crippen molar-refractivity contribution in [3.8, 4) is 0 Å². The van der Waals surface area contributed by atoms with Crippen LogP contribution < -0.4 is 5.32 Å². The lowest BCUT2D eigenvalue weighted by atomic mass is 10.1. The molecule has 6 nitrogen and oxygen atoms in total. The van der Waals surface area contributed by atoms with Crippen LogP contribution in [0, 0.1) is 0 Å². The lowest BCUT2D eigenvalue weighted by Gasteiger charge is -2.13. The molecule has 0 atom stereocenters. The highest BCUT2D eigenvalue weighted by Gasteiger charge is 2.33. The Morgan fingerprint density at radius 2 is 1.89 bits per heavy atom. The van der Waals surface area contributed by atoms with Crippen molar-refractivity contribution in [2.45, 2.75) is 17.8 Å². The molecule has 0 spiro atoms. The summed E-state index contributed by atoms with van der Waals surface area (Å²) in [5.41, 5.74) is -0.0756. The Morgan fingerprint density at radius 3 is 2.57 bits per heavy atom. The molecule has 1 aromatic carbocycles. The molecule has 0 aliphatic heterocycles. The van der Waals surface area contributed by atoms with Crippen molar-refractivity contribution in [1.82, 2.24) is 19.3 Å². The van der Waals surface area contributed by atoms with Gasteiger partial charge < -0.3 is 14.5 Å². The molecule has 0 saturated heterocycles. The Labute approximate surface area is 163 Å². The molecular formula is C18H18F3N5OS. The SMILES string of the molecule is Cn1cccc1Cc1nnc(SCC(=O)Nc2ccccc2C(F)(F)F)n1C. The standard InChI is InChI=1S/C18H18F3N5OS/c1-25-9-5-6-12(25)10-15-23-24-17(26(15)2)28-11-16(27)22-14-8-4-3-7-13(14)18(19,20)21/h3-9H,10-11H2,1-2H3,(H,22,27). The summed E-state index contributed by atoms with van der Waals surface area (Å²) in [5.74, 6) is 0.100. The lowest BCUT2D eigenvalue weighted by molar-refractivity contribution is -0.137. The minimum atomic E-state index is -4.54. The molecule has 28 heavy (non-hydrogen) atoms. The smallest absolute Gasteiger partial charge is 0.354 e. The summed E-state index contributed by atoms with van der Waals surface area (Å²) >= 11 is 1.11. The van der Waals surface area contributed by atoms with E-state index in [-0.39, 0.29) is 11.4 Å². The molecule has 3 rings (SSSR count). The number of aryl methyl sites for hydroxylation is 1. The number of carbonyl (C=O) groups excluding carboxylic acids is 1. The van der Waals surface area contributed by atoms with E-state index in [1.807, 2.05) is 29.9 Å². The number of anilines is 1. The molecule has 148 valence electrons. The van der Waals surface area contributed by atoms with Gasteiger partial charge in [0.2, 0.25) is 5.91 Å². The number of para-hydroxylation sites is 1. The molecule has 1 N–H and O–H groups in total. The Kier molecular flexibility index (Phi) is 5.78. The fraction of sp³-hybridized carbons (Fsp3) is 0.278. The normalized spacial score (nSPS) is 11.6. The molecule has 0 radical (unpaired) electrons. The van der Waals surface area contributed by atoms with Crippen LogP contribution in [0.1, 0.15) is 17.1 Å². The van der Waals surface area contributed by atoms with E-state index in [2.05, 4.69) is 15.5 Å². The number of aromatic nitrogens is 4. The van der Waals surface area contributed by atoms with Crippen LogP contribution in [0.15, 0.2) is 47.8 Å². The van der Waals surface area contributed by atoms with Crippen LogP contribution in [-0.4, -0.2) is 31.0 Å². The van der Waals surface area contributed by atoms with Gasteiger partial charge in [-0.2, -0.15) is 13.2 Å². The van der Waals surface area contributed by atoms with Crippen molar-refractivity contribution in [2.24, 2.45) is 14.1 Å². The molecule has 0 saturated carbocycles. The number of benzene rings is 1. The molecule has 2 aromatic heterocycles. The van der Waals surface area contributed by atoms with E-state index in [1.165, 1.54) is 18.2 Å². The number of amides is 1. The van der Waals surface area contributed by atoms with Crippen molar-refractivity contribution >= 4 is 23.4 Å². The highest BCUT2D eigenvalue weighted by molar-refractivity contribution is 7.99. The summed E-state index contributed by atoms with van der Waals surface area (Å²) in [6.45, 7) is 0. The molecule has 3 aromatic rings. The number of carbonyl (C=O) groups is 1. The number of thioether (sulfide) groups is 1. The Balaban J connectivity index is 1.62. The largest absolute Gasteiger partial charge is 0.418 e. The minimum Gasteiger partial charge on any atom is -0.354 e. The maximum Gasteiger partial charge on any atom is 0.418 e. The molecule has 0 fully saturated rings. The first kappa shape index (κ1) is 20.0. The number of halogens is 3. The maximum atomic E-state index is 13.0. The van der Waals surface area contributed by atoms with Crippen LogP contribution in [0.4, 0.5) is 18.9 Å². The zero-order chi connectivity index (χ0) is 20.3. The van der Waals surface area contributed by atoms with Crippen molar-refractivity contribution in [3.63, 3.8) is 0 Å². The van der Waals surface area contributed by atoms with Gasteiger partial charge in [-0.15, -0.1) is 10.2 Å². The molecule has 0 aliphatic carbocycles. The van der Waals surface area contributed by atoms with Crippen molar-refractivity contribution < 1.29 is 18.0 Å². The number of hydrogen-bond donors (Lipinski definition) is 1. The molecule has 0 bridgehead atoms. The minimum absolute atomic E-state index is 0.0810. The number of alkyl halides is 3. The van der Waals surface area contributed by atoms with E-state index in [4.69, 9.17) is 0 Å². The highest BCUT2D eigenvalue weighted by atomic mass is 32.2. The predicted octanol–water partition coefficient (Wildman–Crippen LogP) is 3.49. The molecule has 10 heteroatoms. The number of nitrogens with one attached hydrogen (secondary N) is 1. The average molecular weight is 409 g/mol. The lowest BCUT2D eigenvalue weighted by Crippen LogP contribution is -2.18. The zero-order valence-electron chi connectivity index (χ0n) is 15.2. The average Bonchev–Trinajstić information content (AvgIpc) is 3.19. The second-order valence-electron chi connectivity index (χ2n) is 6.13. The van der Waals surface area contributed by atoms with E-state index < -0.39 is 17.6 Å². The second kappa shape index (κ2) is 8.09. The van der Waals surface area contributed by atoms with E-state index in [0.29, 0.717) is 11.6 Å². The molecule has 2 heterocycles. The summed E-state index contributed by atoms with van der Waals surface area (Å²) in [7, 11) is 3.72. The van der Waals surface area contributed by atoms with Crippen LogP contribution in [0.25, 0.3) is 0 Å². The first-order valence-corrected chi connectivity index (χ1v) is 9.31. The molecule has 0 aliphatic rings. The van der Waals surface area contributed by atoms with Crippen molar-refractivity contribution in [2.75, 3.05) is 11.1 Å². The van der Waals surface area contributed by atoms with Crippen LogP contribution in [0.2, 0.25) is 0 Å². The van der Waals surface area contributed by atoms with Crippen molar-refractivity contribution in [3.05, 3.63) is 59.7 Å². The topological polar surface area (TPSA) is 64.7 Å². The second-order valence-corrected chi connectivity index (χ2v) is 7.07. The predicted molar refractivity (Wildman–Crippen MR) is 100 cm³/mol.